The summed E-state index contributed by atoms with van der Waals surface area (Å²) in [4.78, 5) is 10.8. The van der Waals surface area contributed by atoms with Crippen LogP contribution in [0.3, 0.4) is 0 Å². The lowest BCUT2D eigenvalue weighted by atomic mass is 10.2. The van der Waals surface area contributed by atoms with E-state index in [4.69, 9.17) is 5.73 Å². The highest BCUT2D eigenvalue weighted by Crippen LogP contribution is 2.29. The van der Waals surface area contributed by atoms with Crippen LogP contribution in [0.4, 0.5) is 11.8 Å². The normalized spacial score (nSPS) is 11.3. The molecule has 0 aliphatic carbocycles. The molecule has 4 nitrogen and oxygen atoms in total. The van der Waals surface area contributed by atoms with Crippen molar-refractivity contribution in [2.45, 2.75) is 27.2 Å². The van der Waals surface area contributed by atoms with E-state index < -0.39 is 0 Å². The van der Waals surface area contributed by atoms with Gasteiger partial charge in [0.25, 0.3) is 0 Å². The summed E-state index contributed by atoms with van der Waals surface area (Å²) in [6.45, 7) is 7.37. The van der Waals surface area contributed by atoms with E-state index in [1.807, 2.05) is 0 Å². The van der Waals surface area contributed by atoms with Crippen LogP contribution in [-0.4, -0.2) is 16.5 Å². The smallest absolute Gasteiger partial charge is 0.223 e. The van der Waals surface area contributed by atoms with E-state index in [2.05, 4.69) is 42.1 Å². The first kappa shape index (κ1) is 12.1. The molecule has 3 N–H and O–H groups in total. The number of aromatic nitrogens is 2. The van der Waals surface area contributed by atoms with Gasteiger partial charge in [0.15, 0.2) is 0 Å². The highest BCUT2D eigenvalue weighted by atomic mass is 32.1. The van der Waals surface area contributed by atoms with Gasteiger partial charge >= 0.3 is 0 Å². The van der Waals surface area contributed by atoms with E-state index in [9.17, 15) is 0 Å². The van der Waals surface area contributed by atoms with Crippen LogP contribution in [0.25, 0.3) is 10.2 Å². The molecular weight excluding hydrogens is 232 g/mol. The molecule has 0 saturated carbocycles. The van der Waals surface area contributed by atoms with Crippen LogP contribution < -0.4 is 11.1 Å². The monoisotopic (exact) mass is 250 g/mol. The number of nitrogens with one attached hydrogen (secondary N) is 1. The van der Waals surface area contributed by atoms with Gasteiger partial charge in [-0.1, -0.05) is 20.8 Å². The van der Waals surface area contributed by atoms with Crippen LogP contribution in [0.15, 0.2) is 6.07 Å². The topological polar surface area (TPSA) is 63.8 Å². The summed E-state index contributed by atoms with van der Waals surface area (Å²) in [6.07, 6.45) is 1.02. The SMILES string of the molecule is CCc1cc2c(NCC(C)C)nc(N)nc2s1. The Hall–Kier alpha value is -1.36. The van der Waals surface area contributed by atoms with Crippen molar-refractivity contribution in [3.8, 4) is 0 Å². The molecule has 2 heterocycles. The average molecular weight is 250 g/mol. The number of thiophene rings is 1. The molecule has 0 aromatic carbocycles. The molecule has 0 bridgehead atoms. The van der Waals surface area contributed by atoms with Crippen molar-refractivity contribution in [3.63, 3.8) is 0 Å². The molecule has 0 aliphatic heterocycles. The van der Waals surface area contributed by atoms with E-state index in [1.54, 1.807) is 11.3 Å². The van der Waals surface area contributed by atoms with E-state index >= 15 is 0 Å². The fraction of sp³-hybridized carbons (Fsp3) is 0.500. The van der Waals surface area contributed by atoms with Gasteiger partial charge in [-0.3, -0.25) is 0 Å². The van der Waals surface area contributed by atoms with Crippen LogP contribution in [0.1, 0.15) is 25.6 Å². The zero-order valence-corrected chi connectivity index (χ0v) is 11.3. The van der Waals surface area contributed by atoms with Gasteiger partial charge in [0, 0.05) is 11.4 Å². The molecule has 0 fully saturated rings. The summed E-state index contributed by atoms with van der Waals surface area (Å²) in [5.41, 5.74) is 5.73. The maximum atomic E-state index is 5.73. The minimum atomic E-state index is 0.341. The Labute approximate surface area is 105 Å². The van der Waals surface area contributed by atoms with E-state index in [0.717, 1.165) is 29.0 Å². The average Bonchev–Trinajstić information content (AvgIpc) is 2.68. The van der Waals surface area contributed by atoms with Crippen molar-refractivity contribution in [1.82, 2.24) is 9.97 Å². The first-order valence-corrected chi connectivity index (χ1v) is 6.71. The first-order valence-electron chi connectivity index (χ1n) is 5.90. The zero-order chi connectivity index (χ0) is 12.4. The van der Waals surface area contributed by atoms with Gasteiger partial charge in [-0.2, -0.15) is 4.98 Å². The first-order chi connectivity index (χ1) is 8.10. The molecular formula is C12H18N4S. The highest BCUT2D eigenvalue weighted by molar-refractivity contribution is 7.18. The van der Waals surface area contributed by atoms with Crippen molar-refractivity contribution in [2.24, 2.45) is 5.92 Å². The van der Waals surface area contributed by atoms with Crippen molar-refractivity contribution in [1.29, 1.82) is 0 Å². The molecule has 0 saturated heterocycles. The van der Waals surface area contributed by atoms with E-state index in [0.29, 0.717) is 11.9 Å². The van der Waals surface area contributed by atoms with Crippen molar-refractivity contribution in [2.75, 3.05) is 17.6 Å². The molecule has 5 heteroatoms. The van der Waals surface area contributed by atoms with Crippen LogP contribution in [0.2, 0.25) is 0 Å². The second-order valence-electron chi connectivity index (χ2n) is 4.49. The summed E-state index contributed by atoms with van der Waals surface area (Å²) in [5.74, 6) is 1.77. The number of nitrogens with zero attached hydrogens (tertiary/aromatic N) is 2. The van der Waals surface area contributed by atoms with Crippen molar-refractivity contribution in [3.05, 3.63) is 10.9 Å². The molecule has 2 rings (SSSR count). The molecule has 17 heavy (non-hydrogen) atoms. The maximum Gasteiger partial charge on any atom is 0.223 e. The van der Waals surface area contributed by atoms with Gasteiger partial charge in [-0.25, -0.2) is 4.98 Å². The quantitative estimate of drug-likeness (QED) is 0.875. The van der Waals surface area contributed by atoms with Gasteiger partial charge in [-0.05, 0) is 18.4 Å². The van der Waals surface area contributed by atoms with Crippen LogP contribution in [0.5, 0.6) is 0 Å². The number of aryl methyl sites for hydroxylation is 1. The number of nitrogens with two attached hydrogens (primary N) is 1. The fourth-order valence-corrected chi connectivity index (χ4v) is 2.57. The summed E-state index contributed by atoms with van der Waals surface area (Å²) in [5, 5.41) is 4.43. The third-order valence-electron chi connectivity index (χ3n) is 2.49. The maximum absolute atomic E-state index is 5.73. The van der Waals surface area contributed by atoms with Crippen molar-refractivity contribution >= 4 is 33.3 Å². The molecule has 0 spiro atoms. The second kappa shape index (κ2) is 4.87. The van der Waals surface area contributed by atoms with Gasteiger partial charge in [-0.15, -0.1) is 11.3 Å². The Morgan fingerprint density at radius 3 is 2.82 bits per heavy atom. The van der Waals surface area contributed by atoms with Crippen LogP contribution in [0, 0.1) is 5.92 Å². The van der Waals surface area contributed by atoms with Gasteiger partial charge < -0.3 is 11.1 Å². The summed E-state index contributed by atoms with van der Waals surface area (Å²) in [6, 6.07) is 2.15. The standard InChI is InChI=1S/C12H18N4S/c1-4-8-5-9-10(14-6-7(2)3)15-12(13)16-11(9)17-8/h5,7H,4,6H2,1-3H3,(H3,13,14,15,16). The molecule has 0 unspecified atom stereocenters. The molecule has 0 radical (unpaired) electrons. The Kier molecular flexibility index (Phi) is 3.47. The third kappa shape index (κ3) is 2.66. The second-order valence-corrected chi connectivity index (χ2v) is 5.61. The Morgan fingerprint density at radius 1 is 1.41 bits per heavy atom. The van der Waals surface area contributed by atoms with Gasteiger partial charge in [0.1, 0.15) is 10.6 Å². The number of nitrogen functional groups attached to an aromatic ring is 1. The number of anilines is 2. The highest BCUT2D eigenvalue weighted by Gasteiger charge is 2.10. The largest absolute Gasteiger partial charge is 0.369 e. The lowest BCUT2D eigenvalue weighted by molar-refractivity contribution is 0.687. The summed E-state index contributed by atoms with van der Waals surface area (Å²) < 4.78 is 0. The Morgan fingerprint density at radius 2 is 2.18 bits per heavy atom. The summed E-state index contributed by atoms with van der Waals surface area (Å²) in [7, 11) is 0. The van der Waals surface area contributed by atoms with Crippen molar-refractivity contribution < 1.29 is 0 Å². The van der Waals surface area contributed by atoms with Gasteiger partial charge in [0.2, 0.25) is 5.95 Å². The molecule has 92 valence electrons. The zero-order valence-electron chi connectivity index (χ0n) is 10.4. The number of rotatable bonds is 4. The van der Waals surface area contributed by atoms with Crippen LogP contribution >= 0.6 is 11.3 Å². The minimum Gasteiger partial charge on any atom is -0.369 e. The Bertz CT molecular complexity index is 518. The van der Waals surface area contributed by atoms with Gasteiger partial charge in [0.05, 0.1) is 5.39 Å². The predicted molar refractivity (Wildman–Crippen MR) is 74.5 cm³/mol. The molecule has 0 atom stereocenters. The van der Waals surface area contributed by atoms with E-state index in [-0.39, 0.29) is 0 Å². The molecule has 2 aromatic rings. The molecule has 0 amide bonds. The number of fused-ring (bicyclic) bond motifs is 1. The van der Waals surface area contributed by atoms with Crippen LogP contribution in [-0.2, 0) is 6.42 Å². The molecule has 2 aromatic heterocycles. The number of hydrogen-bond donors (Lipinski definition) is 2. The number of hydrogen-bond acceptors (Lipinski definition) is 5. The fourth-order valence-electron chi connectivity index (χ4n) is 1.60. The minimum absolute atomic E-state index is 0.341. The predicted octanol–water partition coefficient (Wildman–Crippen LogP) is 2.90. The lowest BCUT2D eigenvalue weighted by Crippen LogP contribution is -2.10. The summed E-state index contributed by atoms with van der Waals surface area (Å²) >= 11 is 1.69. The Balaban J connectivity index is 2.41. The third-order valence-corrected chi connectivity index (χ3v) is 3.66. The van der Waals surface area contributed by atoms with E-state index in [1.165, 1.54) is 4.88 Å². The lowest BCUT2D eigenvalue weighted by Gasteiger charge is -2.09. The molecule has 0 aliphatic rings.